The summed E-state index contributed by atoms with van der Waals surface area (Å²) in [6.07, 6.45) is 3.57. The van der Waals surface area contributed by atoms with Crippen molar-refractivity contribution in [2.45, 2.75) is 23.8 Å². The van der Waals surface area contributed by atoms with Gasteiger partial charge in [-0.15, -0.1) is 0 Å². The van der Waals surface area contributed by atoms with E-state index in [1.165, 1.54) is 18.3 Å². The molecule has 26 heavy (non-hydrogen) atoms. The Kier molecular flexibility index (Phi) is 5.78. The third-order valence-corrected chi connectivity index (χ3v) is 6.23. The Morgan fingerprint density at radius 3 is 2.77 bits per heavy atom. The van der Waals surface area contributed by atoms with E-state index in [0.29, 0.717) is 30.3 Å². The molecule has 0 saturated carbocycles. The fourth-order valence-electron chi connectivity index (χ4n) is 2.81. The van der Waals surface area contributed by atoms with E-state index in [0.717, 1.165) is 0 Å². The molecule has 8 heteroatoms. The van der Waals surface area contributed by atoms with Crippen molar-refractivity contribution in [2.75, 3.05) is 18.8 Å². The van der Waals surface area contributed by atoms with Crippen LogP contribution in [0.25, 0.3) is 0 Å². The van der Waals surface area contributed by atoms with Gasteiger partial charge in [0.05, 0.1) is 17.2 Å². The molecule has 0 bridgehead atoms. The number of halogens is 1. The number of aromatic nitrogens is 1. The van der Waals surface area contributed by atoms with Gasteiger partial charge in [-0.3, -0.25) is 9.78 Å². The molecule has 138 valence electrons. The summed E-state index contributed by atoms with van der Waals surface area (Å²) in [7, 11) is -3.46. The van der Waals surface area contributed by atoms with E-state index in [4.69, 9.17) is 16.3 Å². The molecule has 1 aromatic carbocycles. The Morgan fingerprint density at radius 2 is 2.04 bits per heavy atom. The van der Waals surface area contributed by atoms with Crippen LogP contribution in [0.1, 0.15) is 12.8 Å². The molecule has 1 aliphatic rings. The third kappa shape index (κ3) is 4.53. The largest absolute Gasteiger partial charge is 0.487 e. The lowest BCUT2D eigenvalue weighted by atomic mass is 10.3. The van der Waals surface area contributed by atoms with Gasteiger partial charge in [0.25, 0.3) is 0 Å². The quantitative estimate of drug-likeness (QED) is 0.752. The van der Waals surface area contributed by atoms with E-state index >= 15 is 0 Å². The van der Waals surface area contributed by atoms with Crippen molar-refractivity contribution >= 4 is 27.3 Å². The lowest BCUT2D eigenvalue weighted by Gasteiger charge is -2.17. The molecule has 0 N–H and O–H groups in total. The van der Waals surface area contributed by atoms with Crippen LogP contribution in [-0.2, 0) is 14.6 Å². The van der Waals surface area contributed by atoms with Crippen LogP contribution in [0.3, 0.4) is 0 Å². The maximum atomic E-state index is 12.4. The maximum Gasteiger partial charge on any atom is 0.223 e. The number of sulfone groups is 1. The second-order valence-corrected chi connectivity index (χ2v) is 8.57. The fourth-order valence-corrected chi connectivity index (χ4v) is 4.23. The number of carbonyl (C=O) groups is 1. The Labute approximate surface area is 157 Å². The summed E-state index contributed by atoms with van der Waals surface area (Å²) in [5, 5.41) is 0.422. The second-order valence-electron chi connectivity index (χ2n) is 6.06. The first-order chi connectivity index (χ1) is 12.5. The minimum absolute atomic E-state index is 0.0417. The monoisotopic (exact) mass is 394 g/mol. The first kappa shape index (κ1) is 18.7. The van der Waals surface area contributed by atoms with E-state index in [2.05, 4.69) is 4.98 Å². The molecule has 0 radical (unpaired) electrons. The summed E-state index contributed by atoms with van der Waals surface area (Å²) in [6.45, 7) is 0.959. The van der Waals surface area contributed by atoms with Crippen LogP contribution in [0.2, 0.25) is 5.02 Å². The minimum atomic E-state index is -3.46. The van der Waals surface area contributed by atoms with Crippen LogP contribution >= 0.6 is 11.6 Å². The normalized spacial score (nSPS) is 17.3. The summed E-state index contributed by atoms with van der Waals surface area (Å²) in [6, 6.07) is 9.85. The van der Waals surface area contributed by atoms with Crippen molar-refractivity contribution < 1.29 is 17.9 Å². The smallest absolute Gasteiger partial charge is 0.223 e. The molecular weight excluding hydrogens is 376 g/mol. The summed E-state index contributed by atoms with van der Waals surface area (Å²) >= 11 is 6.03. The lowest BCUT2D eigenvalue weighted by molar-refractivity contribution is -0.130. The Bertz CT molecular complexity index is 874. The van der Waals surface area contributed by atoms with E-state index in [9.17, 15) is 13.2 Å². The zero-order valence-electron chi connectivity index (χ0n) is 14.0. The van der Waals surface area contributed by atoms with Gasteiger partial charge in [0.2, 0.25) is 5.91 Å². The summed E-state index contributed by atoms with van der Waals surface area (Å²) < 4.78 is 30.4. The standard InChI is InChI=1S/C18H19ClN2O4S/c19-16-12-20-9-6-17(16)25-14-7-10-21(13-14)18(22)8-11-26(23,24)15-4-2-1-3-5-15/h1-6,9,12,14H,7-8,10-11,13H2/t14-/m0/s1. The van der Waals surface area contributed by atoms with E-state index in [1.807, 2.05) is 0 Å². The SMILES string of the molecule is O=C(CCS(=O)(=O)c1ccccc1)N1CC[C@H](Oc2ccncc2Cl)C1. The van der Waals surface area contributed by atoms with Gasteiger partial charge >= 0.3 is 0 Å². The highest BCUT2D eigenvalue weighted by molar-refractivity contribution is 7.91. The molecule has 1 aliphatic heterocycles. The average Bonchev–Trinajstić information content (AvgIpc) is 3.11. The Balaban J connectivity index is 1.53. The lowest BCUT2D eigenvalue weighted by Crippen LogP contribution is -2.32. The molecule has 0 unspecified atom stereocenters. The van der Waals surface area contributed by atoms with Gasteiger partial charge in [-0.25, -0.2) is 8.42 Å². The van der Waals surface area contributed by atoms with E-state index in [1.54, 1.807) is 35.4 Å². The molecular formula is C18H19ClN2O4S. The van der Waals surface area contributed by atoms with Crippen LogP contribution in [0.5, 0.6) is 5.75 Å². The zero-order valence-corrected chi connectivity index (χ0v) is 15.6. The molecule has 0 aliphatic carbocycles. The van der Waals surface area contributed by atoms with Crippen molar-refractivity contribution in [2.24, 2.45) is 0 Å². The summed E-state index contributed by atoms with van der Waals surface area (Å²) in [5.74, 6) is 0.151. The number of benzene rings is 1. The highest BCUT2D eigenvalue weighted by Gasteiger charge is 2.29. The topological polar surface area (TPSA) is 76.6 Å². The predicted octanol–water partition coefficient (Wildman–Crippen LogP) is 2.58. The van der Waals surface area contributed by atoms with Gasteiger partial charge in [-0.05, 0) is 12.1 Å². The molecule has 1 saturated heterocycles. The predicted molar refractivity (Wildman–Crippen MR) is 98.0 cm³/mol. The number of likely N-dealkylation sites (tertiary alicyclic amines) is 1. The van der Waals surface area contributed by atoms with Crippen molar-refractivity contribution in [1.29, 1.82) is 0 Å². The van der Waals surface area contributed by atoms with Gasteiger partial charge < -0.3 is 9.64 Å². The third-order valence-electron chi connectivity index (χ3n) is 4.21. The van der Waals surface area contributed by atoms with Gasteiger partial charge in [0, 0.05) is 37.8 Å². The number of pyridine rings is 1. The first-order valence-electron chi connectivity index (χ1n) is 8.27. The average molecular weight is 395 g/mol. The van der Waals surface area contributed by atoms with Crippen LogP contribution in [0.4, 0.5) is 0 Å². The van der Waals surface area contributed by atoms with Crippen LogP contribution in [-0.4, -0.2) is 49.2 Å². The molecule has 0 spiro atoms. The van der Waals surface area contributed by atoms with Crippen molar-refractivity contribution in [3.05, 3.63) is 53.8 Å². The zero-order chi connectivity index (χ0) is 18.6. The number of amides is 1. The van der Waals surface area contributed by atoms with Crippen LogP contribution in [0, 0.1) is 0 Å². The van der Waals surface area contributed by atoms with Gasteiger partial charge in [0.1, 0.15) is 16.9 Å². The maximum absolute atomic E-state index is 12.4. The van der Waals surface area contributed by atoms with Crippen LogP contribution in [0.15, 0.2) is 53.7 Å². The van der Waals surface area contributed by atoms with E-state index < -0.39 is 9.84 Å². The highest BCUT2D eigenvalue weighted by Crippen LogP contribution is 2.26. The molecule has 1 atom stereocenters. The van der Waals surface area contributed by atoms with Gasteiger partial charge in [0.15, 0.2) is 9.84 Å². The minimum Gasteiger partial charge on any atom is -0.487 e. The van der Waals surface area contributed by atoms with Gasteiger partial charge in [-0.2, -0.15) is 0 Å². The summed E-state index contributed by atoms with van der Waals surface area (Å²) in [4.78, 5) is 18.1. The Hall–Kier alpha value is -2.12. The van der Waals surface area contributed by atoms with Crippen molar-refractivity contribution in [3.63, 3.8) is 0 Å². The number of hydrogen-bond acceptors (Lipinski definition) is 5. The molecule has 1 aromatic heterocycles. The number of rotatable bonds is 6. The first-order valence-corrected chi connectivity index (χ1v) is 10.3. The second kappa shape index (κ2) is 8.05. The molecule has 3 rings (SSSR count). The van der Waals surface area contributed by atoms with Crippen LogP contribution < -0.4 is 4.74 Å². The molecule has 1 fully saturated rings. The Morgan fingerprint density at radius 1 is 1.27 bits per heavy atom. The number of hydrogen-bond donors (Lipinski definition) is 0. The number of nitrogens with zero attached hydrogens (tertiary/aromatic N) is 2. The van der Waals surface area contributed by atoms with E-state index in [-0.39, 0.29) is 29.1 Å². The van der Waals surface area contributed by atoms with Crippen molar-refractivity contribution in [1.82, 2.24) is 9.88 Å². The summed E-state index contributed by atoms with van der Waals surface area (Å²) in [5.41, 5.74) is 0. The number of carbonyl (C=O) groups excluding carboxylic acids is 1. The number of ether oxygens (including phenoxy) is 1. The molecule has 2 aromatic rings. The molecule has 1 amide bonds. The fraction of sp³-hybridized carbons (Fsp3) is 0.333. The van der Waals surface area contributed by atoms with Gasteiger partial charge in [-0.1, -0.05) is 29.8 Å². The highest BCUT2D eigenvalue weighted by atomic mass is 35.5. The van der Waals surface area contributed by atoms with Crippen molar-refractivity contribution in [3.8, 4) is 5.75 Å². The molecule has 6 nitrogen and oxygen atoms in total. The molecule has 2 heterocycles.